The van der Waals surface area contributed by atoms with E-state index in [2.05, 4.69) is 20.6 Å². The summed E-state index contributed by atoms with van der Waals surface area (Å²) in [4.78, 5) is 12.5. The van der Waals surface area contributed by atoms with Crippen molar-refractivity contribution in [3.63, 3.8) is 0 Å². The molecule has 0 bridgehead atoms. The molecule has 0 aliphatic rings. The molecule has 0 unspecified atom stereocenters. The van der Waals surface area contributed by atoms with Crippen molar-refractivity contribution in [3.05, 3.63) is 48.5 Å². The van der Waals surface area contributed by atoms with Crippen molar-refractivity contribution in [2.75, 3.05) is 39.5 Å². The average Bonchev–Trinajstić information content (AvgIpc) is 3.30. The number of aromatic nitrogens is 4. The molecule has 2 aromatic heterocycles. The van der Waals surface area contributed by atoms with Crippen LogP contribution < -0.4 is 24.3 Å². The lowest BCUT2D eigenvalue weighted by Gasteiger charge is -2.10. The molecule has 0 spiro atoms. The molecule has 11 heteroatoms. The normalized spacial score (nSPS) is 10.7. The molecule has 2 aromatic carbocycles. The number of amides is 1. The fraction of sp³-hybridized carbons (Fsp3) is 0.217. The van der Waals surface area contributed by atoms with Crippen LogP contribution in [0, 0.1) is 0 Å². The quantitative estimate of drug-likeness (QED) is 0.359. The van der Waals surface area contributed by atoms with Crippen LogP contribution in [0.2, 0.25) is 0 Å². The molecular formula is C23H23N5O5S. The Morgan fingerprint density at radius 2 is 1.62 bits per heavy atom. The summed E-state index contributed by atoms with van der Waals surface area (Å²) in [7, 11) is 6.26. The van der Waals surface area contributed by atoms with Crippen LogP contribution in [0.15, 0.2) is 53.6 Å². The molecule has 10 nitrogen and oxygen atoms in total. The van der Waals surface area contributed by atoms with Gasteiger partial charge in [0.2, 0.25) is 5.91 Å². The van der Waals surface area contributed by atoms with Crippen molar-refractivity contribution in [1.82, 2.24) is 19.8 Å². The van der Waals surface area contributed by atoms with E-state index in [1.165, 1.54) is 11.8 Å². The van der Waals surface area contributed by atoms with Crippen molar-refractivity contribution in [2.24, 2.45) is 0 Å². The number of nitrogens with zero attached hydrogens (tertiary/aromatic N) is 4. The van der Waals surface area contributed by atoms with E-state index in [0.717, 1.165) is 5.56 Å². The zero-order valence-electron chi connectivity index (χ0n) is 19.1. The van der Waals surface area contributed by atoms with Gasteiger partial charge in [0.15, 0.2) is 23.0 Å². The lowest BCUT2D eigenvalue weighted by Crippen LogP contribution is -2.14. The first kappa shape index (κ1) is 23.2. The lowest BCUT2D eigenvalue weighted by molar-refractivity contribution is -0.113. The predicted octanol–water partition coefficient (Wildman–Crippen LogP) is 3.56. The third kappa shape index (κ3) is 4.99. The first-order valence-electron chi connectivity index (χ1n) is 10.1. The summed E-state index contributed by atoms with van der Waals surface area (Å²) in [5, 5.41) is 16.5. The molecule has 176 valence electrons. The maximum Gasteiger partial charge on any atom is 0.234 e. The number of hydrogen-bond acceptors (Lipinski definition) is 9. The van der Waals surface area contributed by atoms with Gasteiger partial charge in [0.1, 0.15) is 16.5 Å². The molecule has 0 atom stereocenters. The number of fused-ring (bicyclic) bond motifs is 1. The van der Waals surface area contributed by atoms with Gasteiger partial charge in [-0.1, -0.05) is 11.8 Å². The number of nitrogens with one attached hydrogen (secondary N) is 1. The first-order valence-corrected chi connectivity index (χ1v) is 11.1. The first-order chi connectivity index (χ1) is 16.5. The number of carbonyl (C=O) groups excluding carboxylic acids is 1. The Morgan fingerprint density at radius 1 is 0.882 bits per heavy atom. The third-order valence-corrected chi connectivity index (χ3v) is 5.79. The number of thioether (sulfide) groups is 1. The summed E-state index contributed by atoms with van der Waals surface area (Å²) in [6.07, 6.45) is 0. The van der Waals surface area contributed by atoms with Gasteiger partial charge in [-0.05, 0) is 30.3 Å². The van der Waals surface area contributed by atoms with Crippen molar-refractivity contribution in [1.29, 1.82) is 0 Å². The van der Waals surface area contributed by atoms with Crippen LogP contribution in [0.3, 0.4) is 0 Å². The predicted molar refractivity (Wildman–Crippen MR) is 128 cm³/mol. The van der Waals surface area contributed by atoms with Crippen LogP contribution in [0.5, 0.6) is 23.0 Å². The highest BCUT2D eigenvalue weighted by Crippen LogP contribution is 2.32. The molecule has 0 radical (unpaired) electrons. The third-order valence-electron chi connectivity index (χ3n) is 4.87. The number of rotatable bonds is 9. The molecule has 0 saturated carbocycles. The van der Waals surface area contributed by atoms with Crippen molar-refractivity contribution in [3.8, 4) is 34.4 Å². The summed E-state index contributed by atoms with van der Waals surface area (Å²) in [6, 6.07) is 14.3. The molecule has 4 rings (SSSR count). The van der Waals surface area contributed by atoms with E-state index < -0.39 is 0 Å². The Balaban J connectivity index is 1.50. The molecule has 0 fully saturated rings. The van der Waals surface area contributed by atoms with Crippen LogP contribution in [-0.2, 0) is 4.79 Å². The molecule has 0 aliphatic carbocycles. The van der Waals surface area contributed by atoms with Crippen molar-refractivity contribution in [2.45, 2.75) is 5.03 Å². The van der Waals surface area contributed by atoms with Gasteiger partial charge in [-0.2, -0.15) is 9.61 Å². The summed E-state index contributed by atoms with van der Waals surface area (Å²) in [6.45, 7) is 0. The minimum atomic E-state index is -0.189. The number of ether oxygens (including phenoxy) is 4. The van der Waals surface area contributed by atoms with Crippen LogP contribution in [0.1, 0.15) is 0 Å². The van der Waals surface area contributed by atoms with Gasteiger partial charge in [-0.25, -0.2) is 0 Å². The summed E-state index contributed by atoms with van der Waals surface area (Å²) in [5.41, 5.74) is 1.94. The fourth-order valence-corrected chi connectivity index (χ4v) is 3.88. The minimum Gasteiger partial charge on any atom is -0.497 e. The highest BCUT2D eigenvalue weighted by atomic mass is 32.2. The van der Waals surface area contributed by atoms with Crippen LogP contribution in [0.25, 0.3) is 17.0 Å². The van der Waals surface area contributed by atoms with Crippen LogP contribution >= 0.6 is 11.8 Å². The van der Waals surface area contributed by atoms with E-state index in [-0.39, 0.29) is 11.7 Å². The lowest BCUT2D eigenvalue weighted by atomic mass is 10.2. The topological polar surface area (TPSA) is 109 Å². The number of anilines is 1. The largest absolute Gasteiger partial charge is 0.497 e. The maximum absolute atomic E-state index is 12.5. The molecule has 34 heavy (non-hydrogen) atoms. The fourth-order valence-electron chi connectivity index (χ4n) is 3.22. The second kappa shape index (κ2) is 10.3. The standard InChI is InChI=1S/C23H23N5O5S/c1-30-16-10-15(11-17(12-16)31-2)24-21(29)13-34-22-8-7-20-25-26-23(28(20)27-22)14-5-6-18(32-3)19(9-14)33-4/h5-12H,13H2,1-4H3,(H,24,29). The molecule has 1 N–H and O–H groups in total. The molecular weight excluding hydrogens is 458 g/mol. The Bertz CT molecular complexity index is 1300. The SMILES string of the molecule is COc1cc(NC(=O)CSc2ccc3nnc(-c4ccc(OC)c(OC)c4)n3n2)cc(OC)c1. The minimum absolute atomic E-state index is 0.159. The number of hydrogen-bond donors (Lipinski definition) is 1. The van der Waals surface area contributed by atoms with Crippen molar-refractivity contribution >= 4 is 29.0 Å². The maximum atomic E-state index is 12.5. The molecule has 0 saturated heterocycles. The van der Waals surface area contributed by atoms with E-state index in [0.29, 0.717) is 45.2 Å². The zero-order valence-corrected chi connectivity index (χ0v) is 19.9. The molecule has 0 aliphatic heterocycles. The molecule has 2 heterocycles. The van der Waals surface area contributed by atoms with Gasteiger partial charge in [0, 0.05) is 29.4 Å². The second-order valence-electron chi connectivity index (χ2n) is 6.97. The number of carbonyl (C=O) groups is 1. The van der Waals surface area contributed by atoms with E-state index >= 15 is 0 Å². The zero-order chi connectivity index (χ0) is 24.1. The number of benzene rings is 2. The Morgan fingerprint density at radius 3 is 2.29 bits per heavy atom. The van der Waals surface area contributed by atoms with Crippen LogP contribution in [-0.4, -0.2) is 59.9 Å². The molecule has 1 amide bonds. The Hall–Kier alpha value is -3.99. The van der Waals surface area contributed by atoms with E-state index in [1.54, 1.807) is 69.4 Å². The summed E-state index contributed by atoms with van der Waals surface area (Å²) < 4.78 is 22.8. The Kier molecular flexibility index (Phi) is 7.02. The van der Waals surface area contributed by atoms with Gasteiger partial charge in [0.25, 0.3) is 0 Å². The van der Waals surface area contributed by atoms with Gasteiger partial charge in [-0.15, -0.1) is 10.2 Å². The Labute approximate surface area is 200 Å². The molecule has 4 aromatic rings. The van der Waals surface area contributed by atoms with Gasteiger partial charge < -0.3 is 24.3 Å². The number of methoxy groups -OCH3 is 4. The highest BCUT2D eigenvalue weighted by molar-refractivity contribution is 7.99. The van der Waals surface area contributed by atoms with Crippen LogP contribution in [0.4, 0.5) is 5.69 Å². The average molecular weight is 482 g/mol. The van der Waals surface area contributed by atoms with E-state index in [4.69, 9.17) is 18.9 Å². The van der Waals surface area contributed by atoms with E-state index in [9.17, 15) is 4.79 Å². The van der Waals surface area contributed by atoms with E-state index in [1.807, 2.05) is 12.1 Å². The van der Waals surface area contributed by atoms with Gasteiger partial charge in [-0.3, -0.25) is 4.79 Å². The van der Waals surface area contributed by atoms with Gasteiger partial charge in [0.05, 0.1) is 34.2 Å². The van der Waals surface area contributed by atoms with Crippen molar-refractivity contribution < 1.29 is 23.7 Å². The summed E-state index contributed by atoms with van der Waals surface area (Å²) in [5.74, 6) is 2.88. The summed E-state index contributed by atoms with van der Waals surface area (Å²) >= 11 is 1.30. The monoisotopic (exact) mass is 481 g/mol. The van der Waals surface area contributed by atoms with Gasteiger partial charge >= 0.3 is 0 Å². The smallest absolute Gasteiger partial charge is 0.234 e. The highest BCUT2D eigenvalue weighted by Gasteiger charge is 2.14. The second-order valence-corrected chi connectivity index (χ2v) is 7.97.